The summed E-state index contributed by atoms with van der Waals surface area (Å²) in [6.07, 6.45) is 0.0202. The highest BCUT2D eigenvalue weighted by Crippen LogP contribution is 2.19. The van der Waals surface area contributed by atoms with E-state index in [2.05, 4.69) is 5.32 Å². The Bertz CT molecular complexity index is 694. The van der Waals surface area contributed by atoms with Crippen LogP contribution in [-0.2, 0) is 25.7 Å². The van der Waals surface area contributed by atoms with Crippen LogP contribution in [0, 0.1) is 0 Å². The van der Waals surface area contributed by atoms with Crippen molar-refractivity contribution in [3.05, 3.63) is 35.9 Å². The summed E-state index contributed by atoms with van der Waals surface area (Å²) in [4.78, 5) is 48.2. The topological polar surface area (TPSA) is 139 Å². The van der Waals surface area contributed by atoms with Gasteiger partial charge in [0, 0.05) is 13.0 Å². The summed E-state index contributed by atoms with van der Waals surface area (Å²) in [6.45, 7) is 0.453. The number of nitrogens with zero attached hydrogens (tertiary/aromatic N) is 1. The maximum atomic E-state index is 12.5. The normalized spacial score (nSPS) is 17.2. The molecule has 1 fully saturated rings. The second-order valence-electron chi connectivity index (χ2n) is 6.29. The molecule has 146 valence electrons. The molecule has 1 aromatic carbocycles. The first kappa shape index (κ1) is 20.2. The van der Waals surface area contributed by atoms with E-state index >= 15 is 0 Å². The van der Waals surface area contributed by atoms with Crippen LogP contribution < -0.4 is 11.1 Å². The summed E-state index contributed by atoms with van der Waals surface area (Å²) in [6, 6.07) is 7.28. The average molecular weight is 377 g/mol. The van der Waals surface area contributed by atoms with Crippen molar-refractivity contribution in [1.82, 2.24) is 10.2 Å². The Kier molecular flexibility index (Phi) is 7.16. The van der Waals surface area contributed by atoms with E-state index in [-0.39, 0.29) is 19.4 Å². The number of hydrogen-bond acceptors (Lipinski definition) is 5. The maximum absolute atomic E-state index is 12.5. The van der Waals surface area contributed by atoms with E-state index < -0.39 is 36.0 Å². The van der Waals surface area contributed by atoms with E-state index in [9.17, 15) is 19.2 Å². The van der Waals surface area contributed by atoms with Gasteiger partial charge in [-0.2, -0.15) is 0 Å². The number of nitrogens with two attached hydrogens (primary N) is 1. The Morgan fingerprint density at radius 3 is 2.59 bits per heavy atom. The molecule has 1 aromatic rings. The molecule has 0 spiro atoms. The van der Waals surface area contributed by atoms with Crippen LogP contribution in [0.15, 0.2) is 30.3 Å². The lowest BCUT2D eigenvalue weighted by Gasteiger charge is -2.25. The third-order valence-electron chi connectivity index (χ3n) is 4.30. The number of benzene rings is 1. The first-order valence-electron chi connectivity index (χ1n) is 8.67. The van der Waals surface area contributed by atoms with Gasteiger partial charge in [-0.15, -0.1) is 0 Å². The van der Waals surface area contributed by atoms with Crippen LogP contribution in [0.5, 0.6) is 0 Å². The summed E-state index contributed by atoms with van der Waals surface area (Å²) < 4.78 is 5.26. The van der Waals surface area contributed by atoms with Crippen LogP contribution in [0.4, 0.5) is 4.79 Å². The quantitative estimate of drug-likeness (QED) is 0.607. The Balaban J connectivity index is 1.92. The Hall–Kier alpha value is -3.10. The van der Waals surface area contributed by atoms with Crippen molar-refractivity contribution in [2.24, 2.45) is 5.73 Å². The van der Waals surface area contributed by atoms with Crippen molar-refractivity contribution in [3.63, 3.8) is 0 Å². The first-order valence-corrected chi connectivity index (χ1v) is 8.67. The van der Waals surface area contributed by atoms with E-state index in [0.717, 1.165) is 5.56 Å². The molecule has 0 aliphatic carbocycles. The minimum absolute atomic E-state index is 0.0903. The van der Waals surface area contributed by atoms with Gasteiger partial charge in [-0.05, 0) is 24.8 Å². The lowest BCUT2D eigenvalue weighted by Crippen LogP contribution is -2.52. The molecule has 2 atom stereocenters. The zero-order chi connectivity index (χ0) is 19.8. The van der Waals surface area contributed by atoms with Crippen LogP contribution in [0.3, 0.4) is 0 Å². The van der Waals surface area contributed by atoms with E-state index in [1.54, 1.807) is 0 Å². The summed E-state index contributed by atoms with van der Waals surface area (Å²) in [7, 11) is 0. The Morgan fingerprint density at radius 1 is 1.26 bits per heavy atom. The molecule has 27 heavy (non-hydrogen) atoms. The first-order chi connectivity index (χ1) is 12.9. The molecular formula is C18H23N3O6. The van der Waals surface area contributed by atoms with Crippen LogP contribution >= 0.6 is 0 Å². The number of primary amides is 1. The fourth-order valence-corrected chi connectivity index (χ4v) is 2.88. The molecule has 1 heterocycles. The standard InChI is InChI=1S/C18H23N3O6/c19-16(24)13(8-9-15(22)23)20-17(25)14-7-4-10-21(14)18(26)27-11-12-5-2-1-3-6-12/h1-3,5-6,13-14H,4,7-11H2,(H2,19,24)(H,20,25)(H,22,23)/t13-,14+/m0/s1. The number of amides is 3. The minimum atomic E-state index is -1.10. The second-order valence-corrected chi connectivity index (χ2v) is 6.29. The maximum Gasteiger partial charge on any atom is 0.410 e. The van der Waals surface area contributed by atoms with Gasteiger partial charge in [-0.3, -0.25) is 19.3 Å². The molecule has 9 heteroatoms. The van der Waals surface area contributed by atoms with E-state index in [4.69, 9.17) is 15.6 Å². The van der Waals surface area contributed by atoms with E-state index in [1.807, 2.05) is 30.3 Å². The van der Waals surface area contributed by atoms with Gasteiger partial charge in [0.05, 0.1) is 0 Å². The molecule has 1 saturated heterocycles. The third kappa shape index (κ3) is 5.98. The van der Waals surface area contributed by atoms with Crippen molar-refractivity contribution in [3.8, 4) is 0 Å². The smallest absolute Gasteiger partial charge is 0.410 e. The average Bonchev–Trinajstić information content (AvgIpc) is 3.13. The van der Waals surface area contributed by atoms with Gasteiger partial charge in [0.15, 0.2) is 0 Å². The Labute approximate surface area is 156 Å². The number of rotatable bonds is 8. The molecule has 3 amide bonds. The third-order valence-corrected chi connectivity index (χ3v) is 4.30. The molecular weight excluding hydrogens is 354 g/mol. The zero-order valence-corrected chi connectivity index (χ0v) is 14.8. The van der Waals surface area contributed by atoms with Gasteiger partial charge >= 0.3 is 12.1 Å². The van der Waals surface area contributed by atoms with Gasteiger partial charge in [-0.25, -0.2) is 4.79 Å². The van der Waals surface area contributed by atoms with Crippen molar-refractivity contribution in [1.29, 1.82) is 0 Å². The number of carbonyl (C=O) groups is 4. The highest BCUT2D eigenvalue weighted by atomic mass is 16.6. The fourth-order valence-electron chi connectivity index (χ4n) is 2.88. The molecule has 9 nitrogen and oxygen atoms in total. The predicted molar refractivity (Wildman–Crippen MR) is 94.3 cm³/mol. The van der Waals surface area contributed by atoms with Crippen molar-refractivity contribution in [2.75, 3.05) is 6.54 Å². The molecule has 0 radical (unpaired) electrons. The largest absolute Gasteiger partial charge is 0.481 e. The van der Waals surface area contributed by atoms with E-state index in [1.165, 1.54) is 4.90 Å². The SMILES string of the molecule is NC(=O)[C@H](CCC(=O)O)NC(=O)[C@H]1CCCN1C(=O)OCc1ccccc1. The highest BCUT2D eigenvalue weighted by molar-refractivity contribution is 5.91. The van der Waals surface area contributed by atoms with Gasteiger partial charge < -0.3 is 20.9 Å². The second kappa shape index (κ2) is 9.56. The molecule has 0 saturated carbocycles. The number of carboxylic acids is 1. The zero-order valence-electron chi connectivity index (χ0n) is 14.8. The molecule has 4 N–H and O–H groups in total. The monoisotopic (exact) mass is 377 g/mol. The van der Waals surface area contributed by atoms with Crippen molar-refractivity contribution in [2.45, 2.75) is 44.4 Å². The van der Waals surface area contributed by atoms with Crippen LogP contribution in [-0.4, -0.2) is 52.5 Å². The fraction of sp³-hybridized carbons (Fsp3) is 0.444. The van der Waals surface area contributed by atoms with Crippen LogP contribution in [0.2, 0.25) is 0 Å². The Morgan fingerprint density at radius 2 is 1.96 bits per heavy atom. The number of ether oxygens (including phenoxy) is 1. The molecule has 2 rings (SSSR count). The van der Waals surface area contributed by atoms with Gasteiger partial charge in [0.2, 0.25) is 11.8 Å². The summed E-state index contributed by atoms with van der Waals surface area (Å²) in [5.41, 5.74) is 6.05. The van der Waals surface area contributed by atoms with Gasteiger partial charge in [0.1, 0.15) is 18.7 Å². The number of aliphatic carboxylic acids is 1. The van der Waals surface area contributed by atoms with Crippen LogP contribution in [0.25, 0.3) is 0 Å². The molecule has 0 bridgehead atoms. The van der Waals surface area contributed by atoms with Gasteiger partial charge in [-0.1, -0.05) is 30.3 Å². The predicted octanol–water partition coefficient (Wildman–Crippen LogP) is 0.623. The molecule has 1 aliphatic heterocycles. The lowest BCUT2D eigenvalue weighted by molar-refractivity contribution is -0.138. The summed E-state index contributed by atoms with van der Waals surface area (Å²) in [5.74, 6) is -2.46. The van der Waals surface area contributed by atoms with E-state index in [0.29, 0.717) is 19.4 Å². The number of nitrogens with one attached hydrogen (secondary N) is 1. The minimum Gasteiger partial charge on any atom is -0.481 e. The lowest BCUT2D eigenvalue weighted by atomic mass is 10.1. The molecule has 0 unspecified atom stereocenters. The molecule has 0 aromatic heterocycles. The highest BCUT2D eigenvalue weighted by Gasteiger charge is 2.36. The molecule has 1 aliphatic rings. The van der Waals surface area contributed by atoms with Gasteiger partial charge in [0.25, 0.3) is 0 Å². The van der Waals surface area contributed by atoms with Crippen molar-refractivity contribution < 1.29 is 29.0 Å². The number of hydrogen-bond donors (Lipinski definition) is 3. The number of likely N-dealkylation sites (tertiary alicyclic amines) is 1. The van der Waals surface area contributed by atoms with Crippen LogP contribution in [0.1, 0.15) is 31.2 Å². The number of carboxylic acid groups (broad SMARTS) is 1. The summed E-state index contributed by atoms with van der Waals surface area (Å²) in [5, 5.41) is 11.2. The summed E-state index contributed by atoms with van der Waals surface area (Å²) >= 11 is 0. The number of carbonyl (C=O) groups excluding carboxylic acids is 3. The van der Waals surface area contributed by atoms with Crippen molar-refractivity contribution >= 4 is 23.9 Å².